The minimum Gasteiger partial charge on any atom is -0.444 e. The molecular weight excluding hydrogens is 318 g/mol. The molecule has 7 nitrogen and oxygen atoms in total. The van der Waals surface area contributed by atoms with Gasteiger partial charge in [-0.15, -0.1) is 5.10 Å². The van der Waals surface area contributed by atoms with E-state index in [0.717, 1.165) is 18.5 Å². The molecule has 0 radical (unpaired) electrons. The third-order valence-electron chi connectivity index (χ3n) is 4.20. The fraction of sp³-hybridized carbons (Fsp3) is 0.833. The highest BCUT2D eigenvalue weighted by molar-refractivity contribution is 5.67. The molecule has 0 aliphatic rings. The molecule has 1 rings (SSSR count). The molecule has 0 saturated carbocycles. The first-order valence-corrected chi connectivity index (χ1v) is 9.04. The maximum Gasteiger partial charge on any atom is 0.407 e. The summed E-state index contributed by atoms with van der Waals surface area (Å²) < 4.78 is 7.19. The maximum atomic E-state index is 11.9. The Balaban J connectivity index is 2.66. The summed E-state index contributed by atoms with van der Waals surface area (Å²) >= 11 is 0. The summed E-state index contributed by atoms with van der Waals surface area (Å²) in [6, 6.07) is 0. The zero-order valence-corrected chi connectivity index (χ0v) is 17.1. The molecule has 1 amide bonds. The Labute approximate surface area is 151 Å². The van der Waals surface area contributed by atoms with Crippen LogP contribution < -0.4 is 10.6 Å². The smallest absolute Gasteiger partial charge is 0.407 e. The van der Waals surface area contributed by atoms with Gasteiger partial charge in [0.15, 0.2) is 0 Å². The fourth-order valence-corrected chi connectivity index (χ4v) is 2.35. The molecule has 144 valence electrons. The van der Waals surface area contributed by atoms with E-state index in [1.165, 1.54) is 0 Å². The monoisotopic (exact) mass is 353 g/mol. The van der Waals surface area contributed by atoms with E-state index >= 15 is 0 Å². The van der Waals surface area contributed by atoms with Crippen molar-refractivity contribution in [3.05, 3.63) is 11.9 Å². The van der Waals surface area contributed by atoms with Crippen LogP contribution >= 0.6 is 0 Å². The van der Waals surface area contributed by atoms with Gasteiger partial charge in [-0.2, -0.15) is 0 Å². The van der Waals surface area contributed by atoms with Crippen molar-refractivity contribution in [3.63, 3.8) is 0 Å². The average Bonchev–Trinajstić information content (AvgIpc) is 2.95. The Bertz CT molecular complexity index is 551. The van der Waals surface area contributed by atoms with Crippen LogP contribution in [0, 0.1) is 0 Å². The second-order valence-corrected chi connectivity index (χ2v) is 8.52. The molecule has 0 fully saturated rings. The van der Waals surface area contributed by atoms with Crippen LogP contribution in [0.3, 0.4) is 0 Å². The highest BCUT2D eigenvalue weighted by Gasteiger charge is 2.28. The number of alkyl carbamates (subject to hydrolysis) is 1. The van der Waals surface area contributed by atoms with Gasteiger partial charge in [-0.05, 0) is 54.4 Å². The zero-order chi connectivity index (χ0) is 19.3. The van der Waals surface area contributed by atoms with Crippen LogP contribution in [0.15, 0.2) is 6.20 Å². The number of nitrogens with zero attached hydrogens (tertiary/aromatic N) is 3. The van der Waals surface area contributed by atoms with Gasteiger partial charge in [0.1, 0.15) is 5.60 Å². The number of nitrogens with one attached hydrogen (secondary N) is 2. The van der Waals surface area contributed by atoms with Gasteiger partial charge in [0, 0.05) is 18.6 Å². The number of rotatable bonds is 7. The van der Waals surface area contributed by atoms with Crippen molar-refractivity contribution >= 4 is 6.09 Å². The van der Waals surface area contributed by atoms with E-state index in [-0.39, 0.29) is 17.2 Å². The minimum absolute atomic E-state index is 0.0872. The summed E-state index contributed by atoms with van der Waals surface area (Å²) in [6.45, 7) is 17.2. The molecule has 0 aliphatic carbocycles. The van der Waals surface area contributed by atoms with E-state index in [9.17, 15) is 4.79 Å². The molecule has 25 heavy (non-hydrogen) atoms. The van der Waals surface area contributed by atoms with Gasteiger partial charge in [0.2, 0.25) is 0 Å². The lowest BCUT2D eigenvalue weighted by Gasteiger charge is -2.33. The molecule has 1 heterocycles. The number of hydrogen-bond acceptors (Lipinski definition) is 5. The molecule has 0 aliphatic heterocycles. The van der Waals surface area contributed by atoms with Crippen LogP contribution in [-0.2, 0) is 16.8 Å². The van der Waals surface area contributed by atoms with E-state index in [0.29, 0.717) is 13.1 Å². The molecule has 7 heteroatoms. The SMILES string of the molecule is CCC(CC)(CNC(=O)OC(C)(C)C)NCc1cn(C(C)(C)C)nn1. The molecule has 0 spiro atoms. The number of ether oxygens (including phenoxy) is 1. The summed E-state index contributed by atoms with van der Waals surface area (Å²) in [7, 11) is 0. The number of carbonyl (C=O) groups excluding carboxylic acids is 1. The predicted molar refractivity (Wildman–Crippen MR) is 99.4 cm³/mol. The molecule has 0 unspecified atom stereocenters. The second-order valence-electron chi connectivity index (χ2n) is 8.52. The van der Waals surface area contributed by atoms with Crippen molar-refractivity contribution in [2.75, 3.05) is 6.54 Å². The molecule has 0 bridgehead atoms. The Morgan fingerprint density at radius 2 is 1.76 bits per heavy atom. The molecule has 0 atom stereocenters. The lowest BCUT2D eigenvalue weighted by atomic mass is 9.92. The molecule has 1 aromatic rings. The third kappa shape index (κ3) is 7.02. The van der Waals surface area contributed by atoms with E-state index in [2.05, 4.69) is 55.6 Å². The van der Waals surface area contributed by atoms with E-state index in [1.807, 2.05) is 31.6 Å². The number of aromatic nitrogens is 3. The van der Waals surface area contributed by atoms with Gasteiger partial charge >= 0.3 is 6.09 Å². The number of amides is 1. The Kier molecular flexibility index (Phi) is 6.99. The second kappa shape index (κ2) is 8.17. The largest absolute Gasteiger partial charge is 0.444 e. The van der Waals surface area contributed by atoms with Crippen LogP contribution in [0.25, 0.3) is 0 Å². The fourth-order valence-electron chi connectivity index (χ4n) is 2.35. The van der Waals surface area contributed by atoms with Crippen LogP contribution in [-0.4, -0.2) is 38.8 Å². The summed E-state index contributed by atoms with van der Waals surface area (Å²) in [5.41, 5.74) is 0.0984. The lowest BCUT2D eigenvalue weighted by Crippen LogP contribution is -2.53. The van der Waals surface area contributed by atoms with Gasteiger partial charge in [-0.25, -0.2) is 9.48 Å². The zero-order valence-electron chi connectivity index (χ0n) is 17.1. The Morgan fingerprint density at radius 1 is 1.16 bits per heavy atom. The standard InChI is InChI=1S/C18H35N5O2/c1-9-18(10-2,13-19-15(24)25-17(6,7)8)20-11-14-12-23(22-21-14)16(3,4)5/h12,20H,9-11,13H2,1-8H3,(H,19,24). The molecule has 0 aromatic carbocycles. The number of hydrogen-bond donors (Lipinski definition) is 2. The van der Waals surface area contributed by atoms with Gasteiger partial charge in [0.05, 0.1) is 17.4 Å². The quantitative estimate of drug-likeness (QED) is 0.787. The topological polar surface area (TPSA) is 81.1 Å². The van der Waals surface area contributed by atoms with Gasteiger partial charge in [-0.1, -0.05) is 19.1 Å². The first kappa shape index (κ1) is 21.4. The normalized spacial score (nSPS) is 13.0. The van der Waals surface area contributed by atoms with Crippen molar-refractivity contribution in [2.24, 2.45) is 0 Å². The van der Waals surface area contributed by atoms with Crippen LogP contribution in [0.2, 0.25) is 0 Å². The van der Waals surface area contributed by atoms with Crippen molar-refractivity contribution in [1.29, 1.82) is 0 Å². The van der Waals surface area contributed by atoms with Crippen LogP contribution in [0.5, 0.6) is 0 Å². The van der Waals surface area contributed by atoms with Crippen molar-refractivity contribution in [1.82, 2.24) is 25.6 Å². The summed E-state index contributed by atoms with van der Waals surface area (Å²) in [6.07, 6.45) is 3.34. The Morgan fingerprint density at radius 3 is 2.20 bits per heavy atom. The van der Waals surface area contributed by atoms with Crippen molar-refractivity contribution < 1.29 is 9.53 Å². The van der Waals surface area contributed by atoms with Crippen LogP contribution in [0.4, 0.5) is 4.79 Å². The van der Waals surface area contributed by atoms with Gasteiger partial charge < -0.3 is 15.4 Å². The van der Waals surface area contributed by atoms with E-state index < -0.39 is 5.60 Å². The van der Waals surface area contributed by atoms with Crippen molar-refractivity contribution in [2.45, 2.75) is 91.5 Å². The molecular formula is C18H35N5O2. The summed E-state index contributed by atoms with van der Waals surface area (Å²) in [5.74, 6) is 0. The minimum atomic E-state index is -0.496. The number of carbonyl (C=O) groups is 1. The summed E-state index contributed by atoms with van der Waals surface area (Å²) in [5, 5.41) is 14.9. The lowest BCUT2D eigenvalue weighted by molar-refractivity contribution is 0.0507. The highest BCUT2D eigenvalue weighted by atomic mass is 16.6. The van der Waals surface area contributed by atoms with Gasteiger partial charge in [-0.3, -0.25) is 0 Å². The van der Waals surface area contributed by atoms with Crippen LogP contribution in [0.1, 0.15) is 73.9 Å². The summed E-state index contributed by atoms with van der Waals surface area (Å²) in [4.78, 5) is 11.9. The first-order valence-electron chi connectivity index (χ1n) is 9.04. The molecule has 1 aromatic heterocycles. The highest BCUT2D eigenvalue weighted by Crippen LogP contribution is 2.17. The Hall–Kier alpha value is -1.63. The molecule has 0 saturated heterocycles. The van der Waals surface area contributed by atoms with E-state index in [1.54, 1.807) is 0 Å². The first-order chi connectivity index (χ1) is 11.4. The van der Waals surface area contributed by atoms with Gasteiger partial charge in [0.25, 0.3) is 0 Å². The maximum absolute atomic E-state index is 11.9. The van der Waals surface area contributed by atoms with Crippen molar-refractivity contribution in [3.8, 4) is 0 Å². The van der Waals surface area contributed by atoms with E-state index in [4.69, 9.17) is 4.74 Å². The predicted octanol–water partition coefficient (Wildman–Crippen LogP) is 3.21. The molecule has 2 N–H and O–H groups in total. The third-order valence-corrected chi connectivity index (χ3v) is 4.20. The average molecular weight is 354 g/mol.